The van der Waals surface area contributed by atoms with Crippen molar-refractivity contribution in [3.8, 4) is 0 Å². The number of carboxylic acids is 1. The lowest BCUT2D eigenvalue weighted by atomic mass is 10.0. The maximum absolute atomic E-state index is 12.4. The molecule has 1 fully saturated rings. The Labute approximate surface area is 168 Å². The van der Waals surface area contributed by atoms with E-state index >= 15 is 0 Å². The zero-order valence-corrected chi connectivity index (χ0v) is 16.0. The minimum Gasteiger partial charge on any atom is -0.477 e. The van der Waals surface area contributed by atoms with Crippen molar-refractivity contribution in [3.63, 3.8) is 0 Å². The molecular weight excluding hydrogens is 406 g/mol. The number of oxime groups is 1. The number of rotatable bonds is 8. The molecule has 0 radical (unpaired) electrons. The molecule has 11 nitrogen and oxygen atoms in total. The average Bonchev–Trinajstić information content (AvgIpc) is 3.20. The molecule has 2 aliphatic heterocycles. The Balaban J connectivity index is 1.57. The van der Waals surface area contributed by atoms with Gasteiger partial charge in [0.25, 0.3) is 11.8 Å². The second-order valence-corrected chi connectivity index (χ2v) is 7.13. The molecule has 0 bridgehead atoms. The van der Waals surface area contributed by atoms with Crippen LogP contribution in [0, 0.1) is 0 Å². The van der Waals surface area contributed by atoms with Crippen LogP contribution in [0.5, 0.6) is 0 Å². The van der Waals surface area contributed by atoms with Crippen molar-refractivity contribution in [1.82, 2.24) is 10.2 Å². The van der Waals surface area contributed by atoms with Gasteiger partial charge in [0.15, 0.2) is 6.61 Å². The molecule has 0 spiro atoms. The van der Waals surface area contributed by atoms with Gasteiger partial charge in [0.1, 0.15) is 35.7 Å². The van der Waals surface area contributed by atoms with Gasteiger partial charge in [0.05, 0.1) is 6.26 Å². The molecule has 1 aromatic heterocycles. The third kappa shape index (κ3) is 4.59. The number of furan rings is 1. The molecule has 2 N–H and O–H groups in total. The van der Waals surface area contributed by atoms with Crippen LogP contribution in [0.4, 0.5) is 0 Å². The fraction of sp³-hybridized carbons (Fsp3) is 0.353. The standard InChI is InChI=1S/C17H17N3O8S/c1-9(21)27-6-10-8-29-16-13(15(23)20(16)14(10)17(24)25)19-12(22)5-18-28-7-11-3-2-4-26-11/h2-5,13,16H,6-8H2,1H3,(H,19,22)(H,24,25)/b18-5-/t13-,16-/m1/s1. The Morgan fingerprint density at radius 1 is 1.45 bits per heavy atom. The Hall–Kier alpha value is -3.28. The van der Waals surface area contributed by atoms with Gasteiger partial charge in [-0.15, -0.1) is 11.8 Å². The third-order valence-corrected chi connectivity index (χ3v) is 5.37. The molecule has 3 heterocycles. The number of amides is 2. The summed E-state index contributed by atoms with van der Waals surface area (Å²) in [6.07, 6.45) is 2.36. The highest BCUT2D eigenvalue weighted by atomic mass is 32.2. The first kappa shape index (κ1) is 20.5. The predicted octanol–water partition coefficient (Wildman–Crippen LogP) is 0.0837. The van der Waals surface area contributed by atoms with E-state index in [9.17, 15) is 24.3 Å². The van der Waals surface area contributed by atoms with Gasteiger partial charge >= 0.3 is 11.9 Å². The average molecular weight is 423 g/mol. The number of carbonyl (C=O) groups excluding carboxylic acids is 3. The quantitative estimate of drug-likeness (QED) is 0.257. The van der Waals surface area contributed by atoms with Crippen LogP contribution in [0.2, 0.25) is 0 Å². The Morgan fingerprint density at radius 3 is 2.90 bits per heavy atom. The molecule has 2 atom stereocenters. The number of nitrogens with zero attached hydrogens (tertiary/aromatic N) is 2. The van der Waals surface area contributed by atoms with Crippen molar-refractivity contribution >= 4 is 41.7 Å². The lowest BCUT2D eigenvalue weighted by molar-refractivity contribution is -0.150. The maximum Gasteiger partial charge on any atom is 0.352 e. The van der Waals surface area contributed by atoms with Crippen LogP contribution in [0.15, 0.2) is 39.2 Å². The van der Waals surface area contributed by atoms with Crippen molar-refractivity contribution in [2.24, 2.45) is 5.16 Å². The smallest absolute Gasteiger partial charge is 0.352 e. The molecule has 1 aromatic rings. The number of carbonyl (C=O) groups is 4. The van der Waals surface area contributed by atoms with Crippen molar-refractivity contribution in [3.05, 3.63) is 35.4 Å². The number of fused-ring (bicyclic) bond motifs is 1. The van der Waals surface area contributed by atoms with Gasteiger partial charge in [0, 0.05) is 18.2 Å². The first-order chi connectivity index (χ1) is 13.9. The minimum atomic E-state index is -1.30. The summed E-state index contributed by atoms with van der Waals surface area (Å²) < 4.78 is 9.90. The maximum atomic E-state index is 12.4. The normalized spacial score (nSPS) is 20.9. The first-order valence-corrected chi connectivity index (χ1v) is 9.45. The third-order valence-electron chi connectivity index (χ3n) is 4.03. The number of aliphatic carboxylic acids is 1. The topological polar surface area (TPSA) is 148 Å². The second-order valence-electron chi connectivity index (χ2n) is 6.02. The lowest BCUT2D eigenvalue weighted by Gasteiger charge is -2.49. The van der Waals surface area contributed by atoms with E-state index in [0.717, 1.165) is 11.1 Å². The molecule has 0 aliphatic carbocycles. The van der Waals surface area contributed by atoms with E-state index in [2.05, 4.69) is 10.5 Å². The monoisotopic (exact) mass is 423 g/mol. The van der Waals surface area contributed by atoms with Gasteiger partial charge in [-0.1, -0.05) is 5.16 Å². The van der Waals surface area contributed by atoms with E-state index in [-0.39, 0.29) is 24.7 Å². The highest BCUT2D eigenvalue weighted by molar-refractivity contribution is 8.00. The molecule has 12 heteroatoms. The van der Waals surface area contributed by atoms with Crippen LogP contribution in [0.3, 0.4) is 0 Å². The highest BCUT2D eigenvalue weighted by Crippen LogP contribution is 2.40. The number of ether oxygens (including phenoxy) is 1. The summed E-state index contributed by atoms with van der Waals surface area (Å²) in [6, 6.07) is 2.47. The minimum absolute atomic E-state index is 0.0449. The van der Waals surface area contributed by atoms with Crippen molar-refractivity contribution in [2.75, 3.05) is 12.4 Å². The van der Waals surface area contributed by atoms with E-state index in [4.69, 9.17) is 14.0 Å². The summed E-state index contributed by atoms with van der Waals surface area (Å²) in [5, 5.41) is 14.9. The summed E-state index contributed by atoms with van der Waals surface area (Å²) in [6.45, 7) is 1.04. The molecule has 2 aliphatic rings. The summed E-state index contributed by atoms with van der Waals surface area (Å²) in [5.41, 5.74) is 0.0981. The van der Waals surface area contributed by atoms with E-state index in [1.54, 1.807) is 12.1 Å². The molecule has 154 valence electrons. The molecule has 1 saturated heterocycles. The number of thioether (sulfide) groups is 1. The van der Waals surface area contributed by atoms with Gasteiger partial charge in [-0.05, 0) is 12.1 Å². The summed E-state index contributed by atoms with van der Waals surface area (Å²) in [7, 11) is 0. The van der Waals surface area contributed by atoms with Crippen LogP contribution in [-0.4, -0.2) is 63.7 Å². The summed E-state index contributed by atoms with van der Waals surface area (Å²) >= 11 is 1.26. The van der Waals surface area contributed by atoms with Gasteiger partial charge in [-0.25, -0.2) is 4.79 Å². The fourth-order valence-corrected chi connectivity index (χ4v) is 4.08. The van der Waals surface area contributed by atoms with E-state index < -0.39 is 35.2 Å². The molecule has 29 heavy (non-hydrogen) atoms. The van der Waals surface area contributed by atoms with Crippen LogP contribution in [0.25, 0.3) is 0 Å². The second kappa shape index (κ2) is 8.82. The lowest BCUT2D eigenvalue weighted by Crippen LogP contribution is -2.70. The van der Waals surface area contributed by atoms with E-state index in [1.165, 1.54) is 24.9 Å². The number of β-lactam (4-membered cyclic amide) rings is 1. The fourth-order valence-electron chi connectivity index (χ4n) is 2.75. The molecule has 2 amide bonds. The summed E-state index contributed by atoms with van der Waals surface area (Å²) in [5.74, 6) is -2.31. The highest BCUT2D eigenvalue weighted by Gasteiger charge is 2.54. The van der Waals surface area contributed by atoms with Crippen LogP contribution < -0.4 is 5.32 Å². The Bertz CT molecular complexity index is 879. The zero-order valence-electron chi connectivity index (χ0n) is 15.2. The predicted molar refractivity (Wildman–Crippen MR) is 98.3 cm³/mol. The largest absolute Gasteiger partial charge is 0.477 e. The number of hydrogen-bond acceptors (Lipinski definition) is 9. The van der Waals surface area contributed by atoms with Crippen molar-refractivity contribution in [2.45, 2.75) is 24.9 Å². The molecule has 0 unspecified atom stereocenters. The number of esters is 1. The van der Waals surface area contributed by atoms with E-state index in [0.29, 0.717) is 11.3 Å². The van der Waals surface area contributed by atoms with Crippen LogP contribution in [0.1, 0.15) is 12.7 Å². The SMILES string of the molecule is CC(=O)OCC1=C(C(=O)O)N2C(=O)[C@@H](NC(=O)/C=N\OCc3ccco3)[C@H]2SC1. The number of hydrogen-bond donors (Lipinski definition) is 2. The number of carboxylic acid groups (broad SMARTS) is 1. The zero-order chi connectivity index (χ0) is 21.0. The Morgan fingerprint density at radius 2 is 2.24 bits per heavy atom. The molecule has 0 saturated carbocycles. The van der Waals surface area contributed by atoms with Crippen LogP contribution in [-0.2, 0) is 35.4 Å². The number of nitrogens with one attached hydrogen (secondary N) is 1. The molecule has 3 rings (SSSR count). The molecule has 0 aromatic carbocycles. The van der Waals surface area contributed by atoms with Crippen LogP contribution >= 0.6 is 11.8 Å². The summed E-state index contributed by atoms with van der Waals surface area (Å²) in [4.78, 5) is 53.0. The van der Waals surface area contributed by atoms with Gasteiger partial charge in [-0.3, -0.25) is 19.3 Å². The molecular formula is C17H17N3O8S. The van der Waals surface area contributed by atoms with Gasteiger partial charge in [-0.2, -0.15) is 0 Å². The van der Waals surface area contributed by atoms with Crippen molar-refractivity contribution < 1.29 is 38.3 Å². The van der Waals surface area contributed by atoms with Gasteiger partial charge in [0.2, 0.25) is 0 Å². The van der Waals surface area contributed by atoms with Gasteiger partial charge < -0.3 is 24.4 Å². The van der Waals surface area contributed by atoms with E-state index in [1.807, 2.05) is 0 Å². The van der Waals surface area contributed by atoms with Crippen molar-refractivity contribution in [1.29, 1.82) is 0 Å². The first-order valence-electron chi connectivity index (χ1n) is 8.40. The Kier molecular flexibility index (Phi) is 6.22.